The van der Waals surface area contributed by atoms with Crippen molar-refractivity contribution in [2.75, 3.05) is 13.1 Å². The molecule has 3 rings (SSSR count). The van der Waals surface area contributed by atoms with E-state index < -0.39 is 0 Å². The highest BCUT2D eigenvalue weighted by Crippen LogP contribution is 2.19. The normalized spacial score (nSPS) is 15.3. The number of aromatic nitrogens is 2. The summed E-state index contributed by atoms with van der Waals surface area (Å²) in [5.74, 6) is 1.81. The van der Waals surface area contributed by atoms with Gasteiger partial charge in [-0.25, -0.2) is 4.98 Å². The topological polar surface area (TPSA) is 59.0 Å². The lowest BCUT2D eigenvalue weighted by Crippen LogP contribution is -2.30. The van der Waals surface area contributed by atoms with Gasteiger partial charge in [-0.1, -0.05) is 12.1 Å². The lowest BCUT2D eigenvalue weighted by molar-refractivity contribution is -0.122. The molecule has 2 heterocycles. The molecule has 0 aliphatic carbocycles. The Labute approximate surface area is 174 Å². The van der Waals surface area contributed by atoms with Gasteiger partial charge in [0.25, 0.3) is 0 Å². The van der Waals surface area contributed by atoms with Crippen molar-refractivity contribution in [2.45, 2.75) is 45.6 Å². The Morgan fingerprint density at radius 2 is 1.93 bits per heavy atom. The minimum atomic E-state index is 0. The smallest absolute Gasteiger partial charge is 0.220 e. The first-order valence-electron chi connectivity index (χ1n) is 9.24. The molecule has 0 saturated carbocycles. The quantitative estimate of drug-likeness (QED) is 0.753. The number of nitrogens with one attached hydrogen (secondary N) is 2. The van der Waals surface area contributed by atoms with Crippen LogP contribution >= 0.6 is 24.8 Å². The number of aryl methyl sites for hydroxylation is 1. The Bertz CT molecular complexity index is 696. The molecule has 27 heavy (non-hydrogen) atoms. The number of hydrogen-bond donors (Lipinski definition) is 2. The van der Waals surface area contributed by atoms with Crippen LogP contribution in [0.4, 0.5) is 0 Å². The predicted octanol–water partition coefficient (Wildman–Crippen LogP) is 3.98. The summed E-state index contributed by atoms with van der Waals surface area (Å²) in [6.07, 6.45) is 7.77. The molecule has 2 aromatic rings. The third kappa shape index (κ3) is 6.52. The average Bonchev–Trinajstić information content (AvgIpc) is 3.07. The van der Waals surface area contributed by atoms with Crippen LogP contribution in [0.15, 0.2) is 36.7 Å². The Hall–Kier alpha value is -1.56. The van der Waals surface area contributed by atoms with Gasteiger partial charge in [-0.2, -0.15) is 0 Å². The molecule has 1 unspecified atom stereocenters. The zero-order valence-electron chi connectivity index (χ0n) is 16.0. The number of rotatable bonds is 6. The van der Waals surface area contributed by atoms with Crippen LogP contribution in [0.25, 0.3) is 5.69 Å². The van der Waals surface area contributed by atoms with Gasteiger partial charge in [-0.05, 0) is 69.8 Å². The predicted molar refractivity (Wildman–Crippen MR) is 114 cm³/mol. The summed E-state index contributed by atoms with van der Waals surface area (Å²) in [4.78, 5) is 16.5. The maximum absolute atomic E-state index is 12.2. The molecular formula is C20H30Cl2N4O. The Balaban J connectivity index is 0.00000182. The number of carbonyl (C=O) groups excluding carboxylic acids is 1. The molecule has 0 spiro atoms. The van der Waals surface area contributed by atoms with E-state index in [1.807, 2.05) is 24.6 Å². The molecule has 1 atom stereocenters. The molecule has 1 saturated heterocycles. The van der Waals surface area contributed by atoms with E-state index in [0.717, 1.165) is 36.6 Å². The number of hydrogen-bond acceptors (Lipinski definition) is 3. The zero-order chi connectivity index (χ0) is 17.6. The standard InChI is InChI=1S/C20H28N4O.2ClH/c1-15(23-20(25)8-3-17-9-11-21-12-10-17)18-4-6-19(7-5-18)24-14-13-22-16(24)2;;/h4-7,13-15,17,21H,3,8-12H2,1-2H3,(H,23,25);2*1H. The molecule has 1 aromatic heterocycles. The second kappa shape index (κ2) is 11.3. The lowest BCUT2D eigenvalue weighted by Gasteiger charge is -2.22. The van der Waals surface area contributed by atoms with E-state index >= 15 is 0 Å². The molecule has 1 aliphatic rings. The molecule has 0 radical (unpaired) electrons. The van der Waals surface area contributed by atoms with E-state index in [1.165, 1.54) is 12.8 Å². The average molecular weight is 413 g/mol. The van der Waals surface area contributed by atoms with Gasteiger partial charge >= 0.3 is 0 Å². The van der Waals surface area contributed by atoms with Gasteiger partial charge in [-0.3, -0.25) is 4.79 Å². The Morgan fingerprint density at radius 1 is 1.26 bits per heavy atom. The monoisotopic (exact) mass is 412 g/mol. The maximum atomic E-state index is 12.2. The molecular weight excluding hydrogens is 383 g/mol. The highest BCUT2D eigenvalue weighted by atomic mass is 35.5. The Morgan fingerprint density at radius 3 is 2.52 bits per heavy atom. The molecule has 0 bridgehead atoms. The van der Waals surface area contributed by atoms with E-state index in [4.69, 9.17) is 0 Å². The van der Waals surface area contributed by atoms with Gasteiger partial charge in [0, 0.05) is 24.5 Å². The molecule has 7 heteroatoms. The van der Waals surface area contributed by atoms with Crippen LogP contribution in [0.5, 0.6) is 0 Å². The van der Waals surface area contributed by atoms with Gasteiger partial charge in [0.15, 0.2) is 0 Å². The summed E-state index contributed by atoms with van der Waals surface area (Å²) in [5.41, 5.74) is 2.21. The minimum absolute atomic E-state index is 0. The second-order valence-electron chi connectivity index (χ2n) is 6.96. The van der Waals surface area contributed by atoms with Crippen molar-refractivity contribution in [1.82, 2.24) is 20.2 Å². The molecule has 5 nitrogen and oxygen atoms in total. The van der Waals surface area contributed by atoms with Crippen molar-refractivity contribution >= 4 is 30.7 Å². The van der Waals surface area contributed by atoms with Crippen LogP contribution in [0, 0.1) is 12.8 Å². The fourth-order valence-corrected chi connectivity index (χ4v) is 3.48. The van der Waals surface area contributed by atoms with E-state index in [2.05, 4.69) is 39.9 Å². The summed E-state index contributed by atoms with van der Waals surface area (Å²) in [6.45, 7) is 6.20. The van der Waals surface area contributed by atoms with E-state index in [0.29, 0.717) is 12.3 Å². The SMILES string of the molecule is Cc1nccn1-c1ccc(C(C)NC(=O)CCC2CCNCC2)cc1.Cl.Cl. The fourth-order valence-electron chi connectivity index (χ4n) is 3.48. The van der Waals surface area contributed by atoms with Crippen LogP contribution in [-0.4, -0.2) is 28.5 Å². The molecule has 1 amide bonds. The van der Waals surface area contributed by atoms with Gasteiger partial charge < -0.3 is 15.2 Å². The number of benzene rings is 1. The lowest BCUT2D eigenvalue weighted by atomic mass is 9.93. The molecule has 2 N–H and O–H groups in total. The number of nitrogens with zero attached hydrogens (tertiary/aromatic N) is 2. The first kappa shape index (κ1) is 23.5. The summed E-state index contributed by atoms with van der Waals surface area (Å²) < 4.78 is 2.05. The molecule has 1 aromatic carbocycles. The molecule has 1 aliphatic heterocycles. The summed E-state index contributed by atoms with van der Waals surface area (Å²) >= 11 is 0. The van der Waals surface area contributed by atoms with E-state index in [-0.39, 0.29) is 36.8 Å². The van der Waals surface area contributed by atoms with Crippen LogP contribution in [0.3, 0.4) is 0 Å². The van der Waals surface area contributed by atoms with Crippen LogP contribution in [0.2, 0.25) is 0 Å². The van der Waals surface area contributed by atoms with E-state index in [9.17, 15) is 4.79 Å². The summed E-state index contributed by atoms with van der Waals surface area (Å²) in [5, 5.41) is 6.50. The maximum Gasteiger partial charge on any atom is 0.220 e. The van der Waals surface area contributed by atoms with Crippen molar-refractivity contribution in [2.24, 2.45) is 5.92 Å². The number of amides is 1. The Kier molecular flexibility index (Phi) is 9.84. The van der Waals surface area contributed by atoms with Gasteiger partial charge in [-0.15, -0.1) is 24.8 Å². The van der Waals surface area contributed by atoms with Gasteiger partial charge in [0.1, 0.15) is 5.82 Å². The van der Waals surface area contributed by atoms with Gasteiger partial charge in [0.2, 0.25) is 5.91 Å². The summed E-state index contributed by atoms with van der Waals surface area (Å²) in [7, 11) is 0. The van der Waals surface area contributed by atoms with Crippen LogP contribution in [-0.2, 0) is 4.79 Å². The van der Waals surface area contributed by atoms with Crippen LogP contribution in [0.1, 0.15) is 50.0 Å². The molecule has 150 valence electrons. The third-order valence-corrected chi connectivity index (χ3v) is 5.11. The number of carbonyl (C=O) groups is 1. The van der Waals surface area contributed by atoms with Crippen LogP contribution < -0.4 is 10.6 Å². The van der Waals surface area contributed by atoms with Gasteiger partial charge in [0.05, 0.1) is 6.04 Å². The number of piperidine rings is 1. The highest BCUT2D eigenvalue weighted by molar-refractivity contribution is 5.85. The number of halogens is 2. The summed E-state index contributed by atoms with van der Waals surface area (Å²) in [6, 6.07) is 8.32. The second-order valence-corrected chi connectivity index (χ2v) is 6.96. The minimum Gasteiger partial charge on any atom is -0.350 e. The van der Waals surface area contributed by atoms with Crippen molar-refractivity contribution < 1.29 is 4.79 Å². The third-order valence-electron chi connectivity index (χ3n) is 5.11. The highest BCUT2D eigenvalue weighted by Gasteiger charge is 2.16. The van der Waals surface area contributed by atoms with Crippen molar-refractivity contribution in [3.05, 3.63) is 48.0 Å². The van der Waals surface area contributed by atoms with Crippen molar-refractivity contribution in [3.8, 4) is 5.69 Å². The number of imidazole rings is 1. The first-order valence-corrected chi connectivity index (χ1v) is 9.24. The van der Waals surface area contributed by atoms with E-state index in [1.54, 1.807) is 6.20 Å². The fraction of sp³-hybridized carbons (Fsp3) is 0.500. The largest absolute Gasteiger partial charge is 0.350 e. The first-order chi connectivity index (χ1) is 12.1. The molecule has 1 fully saturated rings. The van der Waals surface area contributed by atoms with Crippen molar-refractivity contribution in [1.29, 1.82) is 0 Å². The zero-order valence-corrected chi connectivity index (χ0v) is 17.6. The van der Waals surface area contributed by atoms with Crippen molar-refractivity contribution in [3.63, 3.8) is 0 Å².